The molecule has 144 valence electrons. The summed E-state index contributed by atoms with van der Waals surface area (Å²) in [5.41, 5.74) is 6.32. The van der Waals surface area contributed by atoms with Crippen LogP contribution in [0.5, 0.6) is 0 Å². The Morgan fingerprint density at radius 3 is 2.54 bits per heavy atom. The van der Waals surface area contributed by atoms with Gasteiger partial charge < -0.3 is 10.5 Å². The second-order valence-electron chi connectivity index (χ2n) is 7.79. The first-order valence-corrected chi connectivity index (χ1v) is 9.24. The third-order valence-corrected chi connectivity index (χ3v) is 6.60. The molecule has 0 aromatic carbocycles. The van der Waals surface area contributed by atoms with E-state index >= 15 is 0 Å². The van der Waals surface area contributed by atoms with Crippen molar-refractivity contribution in [3.63, 3.8) is 0 Å². The molecule has 7 heteroatoms. The highest BCUT2D eigenvalue weighted by atomic mass is 35.5. The van der Waals surface area contributed by atoms with Crippen LogP contribution in [0.4, 0.5) is 4.39 Å². The third kappa shape index (κ3) is 3.02. The summed E-state index contributed by atoms with van der Waals surface area (Å²) in [6.07, 6.45) is 5.72. The highest BCUT2D eigenvalue weighted by molar-refractivity contribution is 5.90. The summed E-state index contributed by atoms with van der Waals surface area (Å²) in [6, 6.07) is 4.14. The lowest BCUT2D eigenvalue weighted by Crippen LogP contribution is -2.62. The number of fused-ring (bicyclic) bond motifs is 2. The first kappa shape index (κ1) is 19.5. The Kier molecular flexibility index (Phi) is 5.56. The van der Waals surface area contributed by atoms with Gasteiger partial charge in [-0.15, -0.1) is 12.4 Å². The molecular formula is C19H27ClFN3O2. The first-order chi connectivity index (χ1) is 12.0. The minimum atomic E-state index is -0.628. The highest BCUT2D eigenvalue weighted by Crippen LogP contribution is 2.52. The number of nitrogens with zero attached hydrogens (tertiary/aromatic N) is 2. The fourth-order valence-electron chi connectivity index (χ4n) is 5.32. The van der Waals surface area contributed by atoms with Gasteiger partial charge in [0.2, 0.25) is 0 Å². The van der Waals surface area contributed by atoms with E-state index in [9.17, 15) is 9.18 Å². The van der Waals surface area contributed by atoms with Gasteiger partial charge in [0.1, 0.15) is 17.5 Å². The molecule has 1 aliphatic heterocycles. The maximum Gasteiger partial charge on any atom is 0.267 e. The molecule has 3 aliphatic rings. The summed E-state index contributed by atoms with van der Waals surface area (Å²) in [5.74, 6) is 0.165. The normalized spacial score (nSPS) is 36.7. The number of halogens is 2. The Morgan fingerprint density at radius 2 is 2.00 bits per heavy atom. The number of ether oxygens (including phenoxy) is 1. The summed E-state index contributed by atoms with van der Waals surface area (Å²) in [7, 11) is 1.77. The van der Waals surface area contributed by atoms with E-state index in [1.54, 1.807) is 19.4 Å². The van der Waals surface area contributed by atoms with Crippen molar-refractivity contribution in [2.24, 2.45) is 17.6 Å². The molecule has 4 rings (SSSR count). The number of likely N-dealkylation sites (tertiary alicyclic amines) is 1. The van der Waals surface area contributed by atoms with Gasteiger partial charge in [-0.3, -0.25) is 14.7 Å². The molecule has 1 amide bonds. The number of nitrogens with two attached hydrogens (primary N) is 1. The number of piperidine rings is 1. The van der Waals surface area contributed by atoms with Crippen molar-refractivity contribution >= 4 is 18.3 Å². The Labute approximate surface area is 159 Å². The van der Waals surface area contributed by atoms with Crippen molar-refractivity contribution in [2.75, 3.05) is 20.2 Å². The topological polar surface area (TPSA) is 68.5 Å². The molecule has 0 radical (unpaired) electrons. The van der Waals surface area contributed by atoms with E-state index in [4.69, 9.17) is 10.5 Å². The number of primary amides is 1. The SMILES string of the molecule is CO[C@]1(c2ccnc(C(N)=O)c2)[C@@H]2CCC[C@H]1CN(C1CC(F)C1)C2.Cl. The van der Waals surface area contributed by atoms with E-state index in [-0.39, 0.29) is 18.1 Å². The van der Waals surface area contributed by atoms with Crippen LogP contribution in [0.15, 0.2) is 18.3 Å². The quantitative estimate of drug-likeness (QED) is 0.867. The number of rotatable bonds is 4. The van der Waals surface area contributed by atoms with Crippen LogP contribution in [0.1, 0.15) is 48.2 Å². The van der Waals surface area contributed by atoms with Gasteiger partial charge in [0.05, 0.1) is 0 Å². The zero-order valence-electron chi connectivity index (χ0n) is 15.1. The van der Waals surface area contributed by atoms with E-state index in [2.05, 4.69) is 9.88 Å². The number of hydrogen-bond donors (Lipinski definition) is 1. The second kappa shape index (κ2) is 7.41. The van der Waals surface area contributed by atoms with Crippen LogP contribution in [0, 0.1) is 11.8 Å². The Balaban J connectivity index is 0.00000196. The van der Waals surface area contributed by atoms with Crippen molar-refractivity contribution in [1.82, 2.24) is 9.88 Å². The molecule has 26 heavy (non-hydrogen) atoms. The van der Waals surface area contributed by atoms with Crippen molar-refractivity contribution in [3.8, 4) is 0 Å². The van der Waals surface area contributed by atoms with Crippen molar-refractivity contribution in [3.05, 3.63) is 29.6 Å². The summed E-state index contributed by atoms with van der Waals surface area (Å²) in [4.78, 5) is 18.1. The zero-order chi connectivity index (χ0) is 17.6. The van der Waals surface area contributed by atoms with Gasteiger partial charge in [-0.2, -0.15) is 0 Å². The van der Waals surface area contributed by atoms with E-state index in [0.29, 0.717) is 30.7 Å². The standard InChI is InChI=1S/C19H26FN3O2.ClH/c1-25-19(12-5-6-22-17(7-12)18(21)24)13-3-2-4-14(19)11-23(10-13)16-8-15(20)9-16;/h5-7,13-16H,2-4,8-11H2,1H3,(H2,21,24);1H/t13-,14+,15?,16?,19-;. The van der Waals surface area contributed by atoms with Gasteiger partial charge in [-0.1, -0.05) is 6.42 Å². The lowest BCUT2D eigenvalue weighted by molar-refractivity contribution is -0.180. The van der Waals surface area contributed by atoms with Gasteiger partial charge in [0, 0.05) is 44.3 Å². The molecule has 1 aromatic heterocycles. The van der Waals surface area contributed by atoms with Crippen LogP contribution in [0.2, 0.25) is 0 Å². The number of hydrogen-bond acceptors (Lipinski definition) is 4. The number of amides is 1. The number of aromatic nitrogens is 1. The van der Waals surface area contributed by atoms with E-state index in [1.807, 2.05) is 6.07 Å². The van der Waals surface area contributed by atoms with E-state index < -0.39 is 17.7 Å². The monoisotopic (exact) mass is 383 g/mol. The summed E-state index contributed by atoms with van der Waals surface area (Å²) in [5, 5.41) is 0. The van der Waals surface area contributed by atoms with Crippen LogP contribution < -0.4 is 5.73 Å². The molecular weight excluding hydrogens is 357 g/mol. The van der Waals surface area contributed by atoms with Crippen LogP contribution in [-0.4, -0.2) is 48.2 Å². The van der Waals surface area contributed by atoms with Gasteiger partial charge in [-0.25, -0.2) is 4.39 Å². The number of carbonyl (C=O) groups excluding carboxylic acids is 1. The van der Waals surface area contributed by atoms with Gasteiger partial charge in [-0.05, 0) is 43.4 Å². The molecule has 2 heterocycles. The molecule has 0 unspecified atom stereocenters. The van der Waals surface area contributed by atoms with E-state index in [0.717, 1.165) is 31.5 Å². The summed E-state index contributed by atoms with van der Waals surface area (Å²) in [6.45, 7) is 1.85. The first-order valence-electron chi connectivity index (χ1n) is 9.24. The molecule has 2 aliphatic carbocycles. The minimum Gasteiger partial charge on any atom is -0.373 e. The number of methoxy groups -OCH3 is 1. The van der Waals surface area contributed by atoms with Crippen LogP contribution in [0.25, 0.3) is 0 Å². The van der Waals surface area contributed by atoms with Crippen molar-refractivity contribution in [2.45, 2.75) is 49.9 Å². The van der Waals surface area contributed by atoms with Crippen molar-refractivity contribution in [1.29, 1.82) is 0 Å². The lowest BCUT2D eigenvalue weighted by atomic mass is 9.62. The molecule has 1 aromatic rings. The van der Waals surface area contributed by atoms with E-state index in [1.165, 1.54) is 6.42 Å². The minimum absolute atomic E-state index is 0. The van der Waals surface area contributed by atoms with Crippen LogP contribution in [-0.2, 0) is 10.3 Å². The number of pyridine rings is 1. The third-order valence-electron chi connectivity index (χ3n) is 6.60. The van der Waals surface area contributed by atoms with Crippen LogP contribution in [0.3, 0.4) is 0 Å². The molecule has 3 atom stereocenters. The Bertz CT molecular complexity index is 654. The van der Waals surface area contributed by atoms with Gasteiger partial charge in [0.25, 0.3) is 5.91 Å². The van der Waals surface area contributed by atoms with Gasteiger partial charge >= 0.3 is 0 Å². The lowest BCUT2D eigenvalue weighted by Gasteiger charge is -2.57. The average molecular weight is 384 g/mol. The largest absolute Gasteiger partial charge is 0.373 e. The summed E-state index contributed by atoms with van der Waals surface area (Å²) >= 11 is 0. The molecule has 2 N–H and O–H groups in total. The van der Waals surface area contributed by atoms with Crippen molar-refractivity contribution < 1.29 is 13.9 Å². The highest BCUT2D eigenvalue weighted by Gasteiger charge is 2.54. The molecule has 5 nitrogen and oxygen atoms in total. The summed E-state index contributed by atoms with van der Waals surface area (Å²) < 4.78 is 19.5. The number of alkyl halides is 1. The second-order valence-corrected chi connectivity index (χ2v) is 7.79. The predicted molar refractivity (Wildman–Crippen MR) is 99.0 cm³/mol. The predicted octanol–water partition coefficient (Wildman–Crippen LogP) is 2.68. The van der Waals surface area contributed by atoms with Gasteiger partial charge in [0.15, 0.2) is 0 Å². The maximum absolute atomic E-state index is 13.3. The number of carbonyl (C=O) groups is 1. The molecule has 3 fully saturated rings. The molecule has 2 saturated carbocycles. The molecule has 2 bridgehead atoms. The molecule has 1 saturated heterocycles. The van der Waals surface area contributed by atoms with Crippen LogP contribution >= 0.6 is 12.4 Å². The zero-order valence-corrected chi connectivity index (χ0v) is 15.9. The maximum atomic E-state index is 13.3. The fraction of sp³-hybridized carbons (Fsp3) is 0.684. The Hall–Kier alpha value is -1.24. The average Bonchev–Trinajstić information content (AvgIpc) is 2.57. The smallest absolute Gasteiger partial charge is 0.267 e. The molecule has 0 spiro atoms. The fourth-order valence-corrected chi connectivity index (χ4v) is 5.32. The Morgan fingerprint density at radius 1 is 1.35 bits per heavy atom.